The van der Waals surface area contributed by atoms with E-state index in [0.29, 0.717) is 25.2 Å². The molecule has 1 saturated carbocycles. The molecule has 0 amide bonds. The average Bonchev–Trinajstić information content (AvgIpc) is 2.29. The van der Waals surface area contributed by atoms with E-state index < -0.39 is 0 Å². The van der Waals surface area contributed by atoms with Gasteiger partial charge in [0.05, 0.1) is 6.04 Å². The molecule has 0 aromatic heterocycles. The van der Waals surface area contributed by atoms with Gasteiger partial charge >= 0.3 is 0 Å². The first kappa shape index (κ1) is 15.9. The van der Waals surface area contributed by atoms with Crippen molar-refractivity contribution in [3.05, 3.63) is 0 Å². The van der Waals surface area contributed by atoms with Gasteiger partial charge in [0.25, 0.3) is 0 Å². The number of ether oxygens (including phenoxy) is 2. The molecule has 0 bridgehead atoms. The van der Waals surface area contributed by atoms with Gasteiger partial charge in [-0.2, -0.15) is 0 Å². The van der Waals surface area contributed by atoms with Crippen LogP contribution in [0.4, 0.5) is 0 Å². The summed E-state index contributed by atoms with van der Waals surface area (Å²) in [5.74, 6) is 2.30. The molecule has 3 heteroatoms. The van der Waals surface area contributed by atoms with Crippen LogP contribution in [0.3, 0.4) is 0 Å². The highest BCUT2D eigenvalue weighted by Crippen LogP contribution is 2.35. The first-order chi connectivity index (χ1) is 8.62. The fourth-order valence-corrected chi connectivity index (χ4v) is 3.48. The van der Waals surface area contributed by atoms with E-state index in [-0.39, 0.29) is 6.29 Å². The van der Waals surface area contributed by atoms with Crippen molar-refractivity contribution in [3.8, 4) is 0 Å². The Kier molecular flexibility index (Phi) is 7.20. The molecule has 3 unspecified atom stereocenters. The van der Waals surface area contributed by atoms with Crippen molar-refractivity contribution < 1.29 is 9.47 Å². The van der Waals surface area contributed by atoms with Crippen molar-refractivity contribution in [2.45, 2.75) is 59.3 Å². The molecule has 0 spiro atoms. The zero-order valence-corrected chi connectivity index (χ0v) is 12.7. The zero-order chi connectivity index (χ0) is 13.5. The Hall–Kier alpha value is -0.120. The van der Waals surface area contributed by atoms with Crippen LogP contribution in [-0.4, -0.2) is 32.6 Å². The van der Waals surface area contributed by atoms with Crippen LogP contribution in [0, 0.1) is 17.8 Å². The standard InChI is InChI=1S/C15H31NO2/c1-6-17-15(18-7-2)14(16-5)13-9-11(3)8-12(4)10-13/h11-16H,6-10H2,1-5H3. The van der Waals surface area contributed by atoms with Gasteiger partial charge in [-0.05, 0) is 57.9 Å². The second-order valence-corrected chi connectivity index (χ2v) is 5.77. The summed E-state index contributed by atoms with van der Waals surface area (Å²) in [5, 5.41) is 3.43. The Balaban J connectivity index is 2.66. The first-order valence-corrected chi connectivity index (χ1v) is 7.52. The summed E-state index contributed by atoms with van der Waals surface area (Å²) in [6, 6.07) is 0.315. The number of nitrogens with one attached hydrogen (secondary N) is 1. The molecule has 18 heavy (non-hydrogen) atoms. The Morgan fingerprint density at radius 3 is 1.89 bits per heavy atom. The van der Waals surface area contributed by atoms with Gasteiger partial charge in [-0.3, -0.25) is 0 Å². The lowest BCUT2D eigenvalue weighted by atomic mass is 9.73. The molecule has 0 aliphatic heterocycles. The minimum absolute atomic E-state index is 0.104. The highest BCUT2D eigenvalue weighted by atomic mass is 16.7. The summed E-state index contributed by atoms with van der Waals surface area (Å²) in [6.45, 7) is 10.2. The molecular formula is C15H31NO2. The normalized spacial score (nSPS) is 30.7. The fraction of sp³-hybridized carbons (Fsp3) is 1.00. The highest BCUT2D eigenvalue weighted by Gasteiger charge is 2.34. The molecule has 1 N–H and O–H groups in total. The number of likely N-dealkylation sites (N-methyl/N-ethyl adjacent to an activating group) is 1. The van der Waals surface area contributed by atoms with Gasteiger partial charge in [0.1, 0.15) is 0 Å². The van der Waals surface area contributed by atoms with Crippen LogP contribution in [0.1, 0.15) is 47.0 Å². The predicted molar refractivity (Wildman–Crippen MR) is 75.6 cm³/mol. The fourth-order valence-electron chi connectivity index (χ4n) is 3.48. The van der Waals surface area contributed by atoms with E-state index in [1.165, 1.54) is 19.3 Å². The third-order valence-corrected chi connectivity index (χ3v) is 4.01. The second-order valence-electron chi connectivity index (χ2n) is 5.77. The highest BCUT2D eigenvalue weighted by molar-refractivity contribution is 4.85. The van der Waals surface area contributed by atoms with Crippen LogP contribution in [0.2, 0.25) is 0 Å². The quantitative estimate of drug-likeness (QED) is 0.711. The monoisotopic (exact) mass is 257 g/mol. The maximum atomic E-state index is 5.77. The van der Waals surface area contributed by atoms with Crippen LogP contribution < -0.4 is 5.32 Å². The molecule has 1 aliphatic carbocycles. The Morgan fingerprint density at radius 2 is 1.50 bits per heavy atom. The molecular weight excluding hydrogens is 226 g/mol. The third kappa shape index (κ3) is 4.52. The van der Waals surface area contributed by atoms with Gasteiger partial charge in [-0.15, -0.1) is 0 Å². The van der Waals surface area contributed by atoms with E-state index in [0.717, 1.165) is 11.8 Å². The lowest BCUT2D eigenvalue weighted by molar-refractivity contribution is -0.165. The Bertz CT molecular complexity index is 207. The predicted octanol–water partition coefficient (Wildman–Crippen LogP) is 3.05. The van der Waals surface area contributed by atoms with Crippen LogP contribution in [0.5, 0.6) is 0 Å². The SMILES string of the molecule is CCOC(OCC)C(NC)C1CC(C)CC(C)C1. The van der Waals surface area contributed by atoms with E-state index >= 15 is 0 Å². The molecule has 0 aromatic carbocycles. The van der Waals surface area contributed by atoms with E-state index in [1.807, 2.05) is 20.9 Å². The van der Waals surface area contributed by atoms with Crippen LogP contribution in [0.15, 0.2) is 0 Å². The van der Waals surface area contributed by atoms with E-state index in [2.05, 4.69) is 19.2 Å². The summed E-state index contributed by atoms with van der Waals surface area (Å²) < 4.78 is 11.5. The molecule has 3 nitrogen and oxygen atoms in total. The van der Waals surface area contributed by atoms with Crippen LogP contribution >= 0.6 is 0 Å². The molecule has 3 atom stereocenters. The van der Waals surface area contributed by atoms with Gasteiger partial charge in [-0.25, -0.2) is 0 Å². The largest absolute Gasteiger partial charge is 0.351 e. The van der Waals surface area contributed by atoms with Crippen molar-refractivity contribution in [1.82, 2.24) is 5.32 Å². The van der Waals surface area contributed by atoms with Crippen molar-refractivity contribution in [3.63, 3.8) is 0 Å². The average molecular weight is 257 g/mol. The summed E-state index contributed by atoms with van der Waals surface area (Å²) in [4.78, 5) is 0. The van der Waals surface area contributed by atoms with Crippen molar-refractivity contribution >= 4 is 0 Å². The molecule has 0 heterocycles. The minimum atomic E-state index is -0.104. The van der Waals surface area contributed by atoms with E-state index in [1.54, 1.807) is 0 Å². The summed E-state index contributed by atoms with van der Waals surface area (Å²) in [7, 11) is 2.03. The van der Waals surface area contributed by atoms with Crippen molar-refractivity contribution in [1.29, 1.82) is 0 Å². The first-order valence-electron chi connectivity index (χ1n) is 7.52. The molecule has 1 aliphatic rings. The number of hydrogen-bond donors (Lipinski definition) is 1. The Labute approximate surface area is 113 Å². The lowest BCUT2D eigenvalue weighted by Gasteiger charge is -2.39. The Morgan fingerprint density at radius 1 is 1.00 bits per heavy atom. The zero-order valence-electron chi connectivity index (χ0n) is 12.7. The summed E-state index contributed by atoms with van der Waals surface area (Å²) >= 11 is 0. The molecule has 0 aromatic rings. The van der Waals surface area contributed by atoms with Crippen molar-refractivity contribution in [2.75, 3.05) is 20.3 Å². The van der Waals surface area contributed by atoms with E-state index in [4.69, 9.17) is 9.47 Å². The maximum Gasteiger partial charge on any atom is 0.172 e. The summed E-state index contributed by atoms with van der Waals surface area (Å²) in [6.07, 6.45) is 3.83. The molecule has 108 valence electrons. The van der Waals surface area contributed by atoms with Gasteiger partial charge in [0, 0.05) is 13.2 Å². The van der Waals surface area contributed by atoms with Crippen molar-refractivity contribution in [2.24, 2.45) is 17.8 Å². The van der Waals surface area contributed by atoms with Gasteiger partial charge in [0.15, 0.2) is 6.29 Å². The molecule has 0 saturated heterocycles. The summed E-state index contributed by atoms with van der Waals surface area (Å²) in [5.41, 5.74) is 0. The van der Waals surface area contributed by atoms with Gasteiger partial charge in [-0.1, -0.05) is 13.8 Å². The second kappa shape index (κ2) is 8.13. The number of rotatable bonds is 7. The third-order valence-electron chi connectivity index (χ3n) is 4.01. The maximum absolute atomic E-state index is 5.77. The van der Waals surface area contributed by atoms with Gasteiger partial charge < -0.3 is 14.8 Å². The molecule has 1 fully saturated rings. The topological polar surface area (TPSA) is 30.5 Å². The molecule has 0 radical (unpaired) electrons. The lowest BCUT2D eigenvalue weighted by Crippen LogP contribution is -2.48. The van der Waals surface area contributed by atoms with Crippen LogP contribution in [0.25, 0.3) is 0 Å². The molecule has 1 rings (SSSR count). The smallest absolute Gasteiger partial charge is 0.172 e. The van der Waals surface area contributed by atoms with E-state index in [9.17, 15) is 0 Å². The van der Waals surface area contributed by atoms with Crippen LogP contribution in [-0.2, 0) is 9.47 Å². The minimum Gasteiger partial charge on any atom is -0.351 e. The number of hydrogen-bond acceptors (Lipinski definition) is 3. The van der Waals surface area contributed by atoms with Gasteiger partial charge in [0.2, 0.25) is 0 Å².